The first-order valence-electron chi connectivity index (χ1n) is 5.63. The average molecular weight is 222 g/mol. The molecule has 0 aliphatic carbocycles. The molecule has 0 radical (unpaired) electrons. The zero-order chi connectivity index (χ0) is 11.4. The highest BCUT2D eigenvalue weighted by Gasteiger charge is 2.16. The molecule has 2 rings (SSSR count). The number of hydrogen-bond donors (Lipinski definition) is 1. The van der Waals surface area contributed by atoms with E-state index in [0.29, 0.717) is 0 Å². The largest absolute Gasteiger partial charge is 0.390 e. The van der Waals surface area contributed by atoms with Crippen molar-refractivity contribution in [2.24, 2.45) is 0 Å². The Balaban J connectivity index is 2.04. The van der Waals surface area contributed by atoms with Crippen molar-refractivity contribution in [1.29, 1.82) is 0 Å². The lowest BCUT2D eigenvalue weighted by Crippen LogP contribution is -2.33. The van der Waals surface area contributed by atoms with Crippen LogP contribution in [0.5, 0.6) is 0 Å². The lowest BCUT2D eigenvalue weighted by Gasteiger charge is -2.27. The molecule has 1 aliphatic heterocycles. The zero-order valence-electron chi connectivity index (χ0n) is 9.65. The predicted molar refractivity (Wildman–Crippen MR) is 61.0 cm³/mol. The number of aliphatic hydroxyl groups excluding tert-OH is 1. The molecule has 0 fully saturated rings. The van der Waals surface area contributed by atoms with Gasteiger partial charge in [-0.15, -0.1) is 0 Å². The molecule has 1 aliphatic rings. The summed E-state index contributed by atoms with van der Waals surface area (Å²) in [6.45, 7) is 3.74. The Hall–Kier alpha value is -0.970. The molecule has 0 bridgehead atoms. The topological polar surface area (TPSA) is 45.6 Å². The van der Waals surface area contributed by atoms with Crippen molar-refractivity contribution < 1.29 is 9.84 Å². The minimum Gasteiger partial charge on any atom is -0.390 e. The van der Waals surface area contributed by atoms with E-state index in [1.165, 1.54) is 5.56 Å². The molecule has 1 aromatic rings. The molecule has 0 saturated heterocycles. The first kappa shape index (κ1) is 11.5. The number of rotatable bonds is 4. The van der Waals surface area contributed by atoms with Gasteiger partial charge in [0.25, 0.3) is 0 Å². The van der Waals surface area contributed by atoms with Crippen molar-refractivity contribution in [2.75, 3.05) is 26.8 Å². The Morgan fingerprint density at radius 3 is 3.12 bits per heavy atom. The number of fused-ring (bicyclic) bond motifs is 1. The highest BCUT2D eigenvalue weighted by molar-refractivity contribution is 5.25. The molecule has 88 valence electrons. The molecule has 0 saturated carbocycles. The van der Waals surface area contributed by atoms with Gasteiger partial charge in [0.2, 0.25) is 0 Å². The minimum absolute atomic E-state index is 0.0284. The van der Waals surface area contributed by atoms with Gasteiger partial charge in [-0.1, -0.05) is 6.07 Å². The number of methoxy groups -OCH3 is 1. The van der Waals surface area contributed by atoms with E-state index in [1.807, 2.05) is 6.07 Å². The maximum atomic E-state index is 9.02. The van der Waals surface area contributed by atoms with E-state index in [1.54, 1.807) is 7.11 Å². The smallest absolute Gasteiger partial charge is 0.0853 e. The van der Waals surface area contributed by atoms with Crippen molar-refractivity contribution in [1.82, 2.24) is 9.88 Å². The van der Waals surface area contributed by atoms with E-state index in [-0.39, 0.29) is 6.61 Å². The number of hydrogen-bond acceptors (Lipinski definition) is 4. The van der Waals surface area contributed by atoms with Gasteiger partial charge in [-0.25, -0.2) is 0 Å². The number of nitrogens with zero attached hydrogens (tertiary/aromatic N) is 2. The standard InChI is InChI=1S/C12H18N2O2/c1-16-7-6-14-5-4-12-10(8-14)2-3-11(9-15)13-12/h2-3,15H,4-9H2,1H3. The summed E-state index contributed by atoms with van der Waals surface area (Å²) in [5.41, 5.74) is 3.18. The maximum absolute atomic E-state index is 9.02. The van der Waals surface area contributed by atoms with Gasteiger partial charge in [0, 0.05) is 38.9 Å². The van der Waals surface area contributed by atoms with E-state index in [4.69, 9.17) is 9.84 Å². The minimum atomic E-state index is 0.0284. The third-order valence-electron chi connectivity index (χ3n) is 2.96. The van der Waals surface area contributed by atoms with Crippen molar-refractivity contribution in [2.45, 2.75) is 19.6 Å². The average Bonchev–Trinajstić information content (AvgIpc) is 2.35. The second-order valence-electron chi connectivity index (χ2n) is 4.09. The summed E-state index contributed by atoms with van der Waals surface area (Å²) in [4.78, 5) is 6.81. The molecule has 2 heterocycles. The molecule has 0 unspecified atom stereocenters. The molecule has 1 aromatic heterocycles. The highest BCUT2D eigenvalue weighted by atomic mass is 16.5. The van der Waals surface area contributed by atoms with Crippen molar-refractivity contribution in [3.05, 3.63) is 29.1 Å². The van der Waals surface area contributed by atoms with Gasteiger partial charge >= 0.3 is 0 Å². The van der Waals surface area contributed by atoms with Crippen molar-refractivity contribution >= 4 is 0 Å². The van der Waals surface area contributed by atoms with Crippen LogP contribution in [-0.2, 0) is 24.3 Å². The molecule has 4 heteroatoms. The van der Waals surface area contributed by atoms with Crippen LogP contribution in [0.15, 0.2) is 12.1 Å². The van der Waals surface area contributed by atoms with Gasteiger partial charge in [-0.3, -0.25) is 9.88 Å². The maximum Gasteiger partial charge on any atom is 0.0853 e. The summed E-state index contributed by atoms with van der Waals surface area (Å²) in [6, 6.07) is 3.98. The van der Waals surface area contributed by atoms with Crippen LogP contribution in [0.25, 0.3) is 0 Å². The van der Waals surface area contributed by atoms with Crippen LogP contribution in [0, 0.1) is 0 Å². The van der Waals surface area contributed by atoms with Crippen LogP contribution < -0.4 is 0 Å². The summed E-state index contributed by atoms with van der Waals surface area (Å²) in [5, 5.41) is 9.02. The summed E-state index contributed by atoms with van der Waals surface area (Å²) in [7, 11) is 1.73. The number of aliphatic hydroxyl groups is 1. The lowest BCUT2D eigenvalue weighted by molar-refractivity contribution is 0.140. The summed E-state index contributed by atoms with van der Waals surface area (Å²) in [5.74, 6) is 0. The number of ether oxygens (including phenoxy) is 1. The van der Waals surface area contributed by atoms with Crippen molar-refractivity contribution in [3.8, 4) is 0 Å². The third kappa shape index (κ3) is 2.58. The first-order valence-corrected chi connectivity index (χ1v) is 5.63. The monoisotopic (exact) mass is 222 g/mol. The van der Waals surface area contributed by atoms with E-state index in [2.05, 4.69) is 16.0 Å². The molecule has 0 atom stereocenters. The molecule has 0 aromatic carbocycles. The third-order valence-corrected chi connectivity index (χ3v) is 2.96. The van der Waals surface area contributed by atoms with Crippen LogP contribution in [0.3, 0.4) is 0 Å². The molecule has 4 nitrogen and oxygen atoms in total. The van der Waals surface area contributed by atoms with E-state index in [0.717, 1.165) is 44.0 Å². The quantitative estimate of drug-likeness (QED) is 0.809. The van der Waals surface area contributed by atoms with Crippen LogP contribution in [0.1, 0.15) is 17.0 Å². The Morgan fingerprint density at radius 1 is 1.50 bits per heavy atom. The molecule has 0 spiro atoms. The Bertz CT molecular complexity index is 355. The predicted octanol–water partition coefficient (Wildman–Crippen LogP) is 0.578. The van der Waals surface area contributed by atoms with Gasteiger partial charge in [-0.05, 0) is 11.6 Å². The van der Waals surface area contributed by atoms with Crippen molar-refractivity contribution in [3.63, 3.8) is 0 Å². The van der Waals surface area contributed by atoms with E-state index < -0.39 is 0 Å². The fourth-order valence-corrected chi connectivity index (χ4v) is 2.02. The fraction of sp³-hybridized carbons (Fsp3) is 0.583. The second-order valence-corrected chi connectivity index (χ2v) is 4.09. The lowest BCUT2D eigenvalue weighted by atomic mass is 10.1. The Kier molecular flexibility index (Phi) is 3.88. The molecule has 1 N–H and O–H groups in total. The van der Waals surface area contributed by atoms with Crippen LogP contribution in [0.2, 0.25) is 0 Å². The number of pyridine rings is 1. The van der Waals surface area contributed by atoms with E-state index in [9.17, 15) is 0 Å². The van der Waals surface area contributed by atoms with Gasteiger partial charge < -0.3 is 9.84 Å². The van der Waals surface area contributed by atoms with E-state index >= 15 is 0 Å². The van der Waals surface area contributed by atoms with Gasteiger partial charge in [0.15, 0.2) is 0 Å². The molecular formula is C12H18N2O2. The van der Waals surface area contributed by atoms with Gasteiger partial charge in [0.1, 0.15) is 0 Å². The molecule has 0 amide bonds. The summed E-state index contributed by atoms with van der Waals surface area (Å²) >= 11 is 0. The second kappa shape index (κ2) is 5.39. The van der Waals surface area contributed by atoms with Gasteiger partial charge in [0.05, 0.1) is 18.9 Å². The van der Waals surface area contributed by atoms with Crippen LogP contribution in [0.4, 0.5) is 0 Å². The van der Waals surface area contributed by atoms with Crippen LogP contribution >= 0.6 is 0 Å². The first-order chi connectivity index (χ1) is 7.83. The highest BCUT2D eigenvalue weighted by Crippen LogP contribution is 2.17. The Labute approximate surface area is 95.9 Å². The normalized spacial score (nSPS) is 16.1. The molecule has 16 heavy (non-hydrogen) atoms. The SMILES string of the molecule is COCCN1CCc2nc(CO)ccc2C1. The zero-order valence-corrected chi connectivity index (χ0v) is 9.65. The molecular weight excluding hydrogens is 204 g/mol. The Morgan fingerprint density at radius 2 is 2.38 bits per heavy atom. The number of aromatic nitrogens is 1. The summed E-state index contributed by atoms with van der Waals surface area (Å²) in [6.07, 6.45) is 0.965. The van der Waals surface area contributed by atoms with Crippen LogP contribution in [-0.4, -0.2) is 41.8 Å². The fourth-order valence-electron chi connectivity index (χ4n) is 2.02. The summed E-state index contributed by atoms with van der Waals surface area (Å²) < 4.78 is 5.08. The van der Waals surface area contributed by atoms with Gasteiger partial charge in [-0.2, -0.15) is 0 Å².